The van der Waals surface area contributed by atoms with Crippen LogP contribution in [0.2, 0.25) is 0 Å². The number of carbonyl (C=O) groups excluding carboxylic acids is 1. The lowest BCUT2D eigenvalue weighted by Crippen LogP contribution is -2.15. The standard InChI is InChI=1S/C13H14N2O4/c1-3-8-6-9(7(2)15-12(8)16)10-4-5-11(18-10)19-13(14)17/h4-6H,3H2,1-2H3,(H2,14,17)(H,15,16). The molecule has 2 heterocycles. The molecule has 0 bridgehead atoms. The Kier molecular flexibility index (Phi) is 3.41. The molecule has 0 unspecified atom stereocenters. The normalized spacial score (nSPS) is 10.4. The van der Waals surface area contributed by atoms with Gasteiger partial charge in [-0.2, -0.15) is 0 Å². The number of aryl methyl sites for hydroxylation is 2. The van der Waals surface area contributed by atoms with Gasteiger partial charge in [0, 0.05) is 22.9 Å². The summed E-state index contributed by atoms with van der Waals surface area (Å²) in [6.45, 7) is 3.67. The molecule has 2 aromatic heterocycles. The second-order valence-corrected chi connectivity index (χ2v) is 4.06. The van der Waals surface area contributed by atoms with Crippen LogP contribution in [0.3, 0.4) is 0 Å². The minimum absolute atomic E-state index is 0.0196. The Hall–Kier alpha value is -2.50. The summed E-state index contributed by atoms with van der Waals surface area (Å²) in [5.41, 5.74) is 6.88. The summed E-state index contributed by atoms with van der Waals surface area (Å²) in [7, 11) is 0. The van der Waals surface area contributed by atoms with E-state index in [9.17, 15) is 9.59 Å². The minimum atomic E-state index is -0.937. The van der Waals surface area contributed by atoms with Crippen LogP contribution in [0.25, 0.3) is 11.3 Å². The van der Waals surface area contributed by atoms with Gasteiger partial charge in [-0.05, 0) is 25.5 Å². The second kappa shape index (κ2) is 5.01. The first-order valence-electron chi connectivity index (χ1n) is 5.81. The molecule has 0 saturated heterocycles. The van der Waals surface area contributed by atoms with E-state index in [1.807, 2.05) is 6.92 Å². The van der Waals surface area contributed by atoms with Gasteiger partial charge in [0.05, 0.1) is 0 Å². The molecule has 1 amide bonds. The highest BCUT2D eigenvalue weighted by Crippen LogP contribution is 2.27. The maximum absolute atomic E-state index is 11.6. The SMILES string of the molecule is CCc1cc(-c2ccc(OC(N)=O)o2)c(C)[nH]c1=O. The third kappa shape index (κ3) is 2.67. The number of furan rings is 1. The molecule has 0 fully saturated rings. The molecular weight excluding hydrogens is 248 g/mol. The average molecular weight is 262 g/mol. The second-order valence-electron chi connectivity index (χ2n) is 4.06. The predicted molar refractivity (Wildman–Crippen MR) is 69.1 cm³/mol. The smallest absolute Gasteiger partial charge is 0.412 e. The van der Waals surface area contributed by atoms with Crippen LogP contribution in [0.15, 0.2) is 27.4 Å². The van der Waals surface area contributed by atoms with E-state index in [1.54, 1.807) is 19.1 Å². The fourth-order valence-corrected chi connectivity index (χ4v) is 1.80. The number of amides is 1. The first kappa shape index (κ1) is 12.9. The van der Waals surface area contributed by atoms with Gasteiger partial charge in [-0.1, -0.05) is 6.92 Å². The highest BCUT2D eigenvalue weighted by Gasteiger charge is 2.12. The molecule has 2 aromatic rings. The van der Waals surface area contributed by atoms with Gasteiger partial charge in [0.2, 0.25) is 0 Å². The summed E-state index contributed by atoms with van der Waals surface area (Å²) in [6.07, 6.45) is -0.318. The van der Waals surface area contributed by atoms with E-state index < -0.39 is 6.09 Å². The highest BCUT2D eigenvalue weighted by molar-refractivity contribution is 5.68. The Balaban J connectivity index is 2.44. The Labute approximate surface area is 109 Å². The van der Waals surface area contributed by atoms with Crippen LogP contribution in [0.5, 0.6) is 5.95 Å². The first-order valence-corrected chi connectivity index (χ1v) is 5.81. The summed E-state index contributed by atoms with van der Waals surface area (Å²) >= 11 is 0. The van der Waals surface area contributed by atoms with Crippen LogP contribution in [-0.4, -0.2) is 11.1 Å². The summed E-state index contributed by atoms with van der Waals surface area (Å²) in [5.74, 6) is 0.519. The van der Waals surface area contributed by atoms with Crippen molar-refractivity contribution in [2.24, 2.45) is 5.73 Å². The first-order chi connectivity index (χ1) is 9.01. The van der Waals surface area contributed by atoms with E-state index in [-0.39, 0.29) is 11.5 Å². The molecular formula is C13H14N2O4. The van der Waals surface area contributed by atoms with E-state index in [0.717, 1.165) is 5.56 Å². The van der Waals surface area contributed by atoms with Crippen LogP contribution in [0.1, 0.15) is 18.2 Å². The minimum Gasteiger partial charge on any atom is -0.425 e. The van der Waals surface area contributed by atoms with E-state index in [0.29, 0.717) is 23.4 Å². The van der Waals surface area contributed by atoms with Gasteiger partial charge in [0.15, 0.2) is 0 Å². The lowest BCUT2D eigenvalue weighted by Gasteiger charge is -2.05. The van der Waals surface area contributed by atoms with Crippen LogP contribution in [0.4, 0.5) is 4.79 Å². The van der Waals surface area contributed by atoms with Crippen molar-refractivity contribution >= 4 is 6.09 Å². The van der Waals surface area contributed by atoms with Crippen molar-refractivity contribution in [1.82, 2.24) is 4.98 Å². The van der Waals surface area contributed by atoms with Gasteiger partial charge >= 0.3 is 6.09 Å². The Morgan fingerprint density at radius 1 is 1.47 bits per heavy atom. The van der Waals surface area contributed by atoms with Crippen LogP contribution < -0.4 is 16.0 Å². The molecule has 3 N–H and O–H groups in total. The number of hydrogen-bond acceptors (Lipinski definition) is 4. The molecule has 6 heteroatoms. The van der Waals surface area contributed by atoms with Gasteiger partial charge in [-0.3, -0.25) is 4.79 Å². The molecule has 0 radical (unpaired) electrons. The molecule has 2 rings (SSSR count). The van der Waals surface area contributed by atoms with Crippen molar-refractivity contribution in [2.75, 3.05) is 0 Å². The number of aromatic amines is 1. The third-order valence-corrected chi connectivity index (χ3v) is 2.74. The Bertz CT molecular complexity index is 670. The number of hydrogen-bond donors (Lipinski definition) is 2. The Morgan fingerprint density at radius 2 is 2.21 bits per heavy atom. The Morgan fingerprint density at radius 3 is 2.84 bits per heavy atom. The fourth-order valence-electron chi connectivity index (χ4n) is 1.80. The van der Waals surface area contributed by atoms with Crippen molar-refractivity contribution in [2.45, 2.75) is 20.3 Å². The summed E-state index contributed by atoms with van der Waals surface area (Å²) in [5, 5.41) is 0. The number of H-pyrrole nitrogens is 1. The number of aromatic nitrogens is 1. The van der Waals surface area contributed by atoms with Gasteiger partial charge in [0.1, 0.15) is 5.76 Å². The van der Waals surface area contributed by atoms with Crippen molar-refractivity contribution in [3.63, 3.8) is 0 Å². The average Bonchev–Trinajstić information content (AvgIpc) is 2.76. The summed E-state index contributed by atoms with van der Waals surface area (Å²) in [6, 6.07) is 4.91. The van der Waals surface area contributed by atoms with Gasteiger partial charge in [0.25, 0.3) is 11.5 Å². The molecule has 0 aliphatic rings. The molecule has 0 atom stereocenters. The van der Waals surface area contributed by atoms with Crippen molar-refractivity contribution < 1.29 is 13.9 Å². The fraction of sp³-hybridized carbons (Fsp3) is 0.231. The predicted octanol–water partition coefficient (Wildman–Crippen LogP) is 1.96. The zero-order valence-electron chi connectivity index (χ0n) is 10.6. The largest absolute Gasteiger partial charge is 0.425 e. The van der Waals surface area contributed by atoms with Crippen LogP contribution in [0, 0.1) is 6.92 Å². The van der Waals surface area contributed by atoms with E-state index in [4.69, 9.17) is 10.2 Å². The molecule has 0 aliphatic heterocycles. The molecule has 100 valence electrons. The molecule has 0 saturated carbocycles. The number of ether oxygens (including phenoxy) is 1. The molecule has 0 spiro atoms. The maximum atomic E-state index is 11.6. The zero-order valence-corrected chi connectivity index (χ0v) is 10.6. The number of rotatable bonds is 3. The van der Waals surface area contributed by atoms with Crippen LogP contribution >= 0.6 is 0 Å². The lowest BCUT2D eigenvalue weighted by molar-refractivity contribution is 0.198. The molecule has 0 aromatic carbocycles. The van der Waals surface area contributed by atoms with Crippen molar-refractivity contribution in [1.29, 1.82) is 0 Å². The number of nitrogens with two attached hydrogens (primary N) is 1. The summed E-state index contributed by atoms with van der Waals surface area (Å²) in [4.78, 5) is 25.0. The third-order valence-electron chi connectivity index (χ3n) is 2.74. The number of nitrogens with one attached hydrogen (secondary N) is 1. The quantitative estimate of drug-likeness (QED) is 0.883. The van der Waals surface area contributed by atoms with E-state index in [2.05, 4.69) is 9.72 Å². The monoisotopic (exact) mass is 262 g/mol. The number of carbonyl (C=O) groups is 1. The van der Waals surface area contributed by atoms with Gasteiger partial charge in [-0.15, -0.1) is 0 Å². The number of pyridine rings is 1. The summed E-state index contributed by atoms with van der Waals surface area (Å²) < 4.78 is 9.99. The van der Waals surface area contributed by atoms with Crippen molar-refractivity contribution in [3.05, 3.63) is 39.8 Å². The van der Waals surface area contributed by atoms with Crippen LogP contribution in [-0.2, 0) is 6.42 Å². The van der Waals surface area contributed by atoms with Crippen molar-refractivity contribution in [3.8, 4) is 17.3 Å². The molecule has 19 heavy (non-hydrogen) atoms. The topological polar surface area (TPSA) is 98.3 Å². The van der Waals surface area contributed by atoms with Gasteiger partial charge < -0.3 is 19.9 Å². The molecule has 0 aliphatic carbocycles. The lowest BCUT2D eigenvalue weighted by atomic mass is 10.1. The van der Waals surface area contributed by atoms with E-state index >= 15 is 0 Å². The van der Waals surface area contributed by atoms with E-state index in [1.165, 1.54) is 6.07 Å². The highest BCUT2D eigenvalue weighted by atomic mass is 16.6. The number of primary amides is 1. The zero-order chi connectivity index (χ0) is 14.0. The maximum Gasteiger partial charge on any atom is 0.412 e. The molecule has 6 nitrogen and oxygen atoms in total. The van der Waals surface area contributed by atoms with Gasteiger partial charge in [-0.25, -0.2) is 4.79 Å².